The van der Waals surface area contributed by atoms with Crippen molar-refractivity contribution in [3.63, 3.8) is 0 Å². The fourth-order valence-corrected chi connectivity index (χ4v) is 5.53. The molecule has 5 rings (SSSR count). The number of carbonyl (C=O) groups excluding carboxylic acids is 3. The van der Waals surface area contributed by atoms with Crippen molar-refractivity contribution in [1.82, 2.24) is 15.5 Å². The monoisotopic (exact) mass is 450 g/mol. The Hall–Kier alpha value is -2.92. The summed E-state index contributed by atoms with van der Waals surface area (Å²) in [6, 6.07) is 7.62. The van der Waals surface area contributed by atoms with Gasteiger partial charge in [0.25, 0.3) is 5.91 Å². The Balaban J connectivity index is 1.25. The van der Waals surface area contributed by atoms with Crippen molar-refractivity contribution in [3.05, 3.63) is 29.3 Å². The van der Waals surface area contributed by atoms with Crippen LogP contribution in [0.25, 0.3) is 0 Å². The number of piperidine rings is 1. The second kappa shape index (κ2) is 8.79. The van der Waals surface area contributed by atoms with Gasteiger partial charge in [-0.15, -0.1) is 0 Å². The molecule has 3 amide bonds. The van der Waals surface area contributed by atoms with Crippen LogP contribution < -0.4 is 15.4 Å². The fraction of sp³-hybridized carbons (Fsp3) is 0.600. The van der Waals surface area contributed by atoms with E-state index in [2.05, 4.69) is 16.7 Å². The third-order valence-electron chi connectivity index (χ3n) is 7.74. The second-order valence-corrected chi connectivity index (χ2v) is 9.89. The first-order valence-electron chi connectivity index (χ1n) is 12.1. The summed E-state index contributed by atoms with van der Waals surface area (Å²) in [7, 11) is 0. The van der Waals surface area contributed by atoms with Crippen molar-refractivity contribution in [3.8, 4) is 11.8 Å². The lowest BCUT2D eigenvalue weighted by molar-refractivity contribution is -0.136. The predicted octanol–water partition coefficient (Wildman–Crippen LogP) is 2.42. The molecule has 2 aliphatic carbocycles. The van der Waals surface area contributed by atoms with Crippen LogP contribution in [0.3, 0.4) is 0 Å². The van der Waals surface area contributed by atoms with E-state index in [1.165, 1.54) is 0 Å². The van der Waals surface area contributed by atoms with E-state index in [-0.39, 0.29) is 35.8 Å². The van der Waals surface area contributed by atoms with Crippen molar-refractivity contribution in [1.29, 1.82) is 5.26 Å². The van der Waals surface area contributed by atoms with E-state index in [4.69, 9.17) is 4.74 Å². The Bertz CT molecular complexity index is 1010. The Morgan fingerprint density at radius 1 is 1.15 bits per heavy atom. The van der Waals surface area contributed by atoms with E-state index in [0.717, 1.165) is 56.3 Å². The van der Waals surface area contributed by atoms with Gasteiger partial charge in [-0.25, -0.2) is 0 Å². The van der Waals surface area contributed by atoms with Crippen LogP contribution in [0, 0.1) is 16.7 Å². The van der Waals surface area contributed by atoms with Gasteiger partial charge in [0, 0.05) is 31.1 Å². The van der Waals surface area contributed by atoms with E-state index >= 15 is 0 Å². The van der Waals surface area contributed by atoms with Gasteiger partial charge in [-0.1, -0.05) is 12.8 Å². The van der Waals surface area contributed by atoms with Crippen LogP contribution in [0.1, 0.15) is 73.7 Å². The molecule has 2 unspecified atom stereocenters. The number of hydrogen-bond donors (Lipinski definition) is 2. The van der Waals surface area contributed by atoms with Crippen LogP contribution in [0.5, 0.6) is 5.75 Å². The van der Waals surface area contributed by atoms with Crippen molar-refractivity contribution in [2.75, 3.05) is 6.54 Å². The highest BCUT2D eigenvalue weighted by Crippen LogP contribution is 2.40. The molecule has 8 nitrogen and oxygen atoms in total. The number of fused-ring (bicyclic) bond motifs is 1. The summed E-state index contributed by atoms with van der Waals surface area (Å²) in [6.07, 6.45) is 7.93. The maximum atomic E-state index is 12.9. The van der Waals surface area contributed by atoms with Crippen molar-refractivity contribution >= 4 is 17.7 Å². The SMILES string of the molecule is N#CC1(CNC2CCCC[C@@H]2Oc2ccc3c(c2)CN(C2CCC(=O)NC2=O)C3=O)CCC1. The highest BCUT2D eigenvalue weighted by atomic mass is 16.5. The number of carbonyl (C=O) groups is 3. The van der Waals surface area contributed by atoms with Crippen LogP contribution >= 0.6 is 0 Å². The molecule has 1 aromatic rings. The molecule has 2 aliphatic heterocycles. The van der Waals surface area contributed by atoms with E-state index in [1.54, 1.807) is 11.0 Å². The van der Waals surface area contributed by atoms with Gasteiger partial charge in [0.1, 0.15) is 17.9 Å². The fourth-order valence-electron chi connectivity index (χ4n) is 5.53. The molecule has 174 valence electrons. The zero-order valence-electron chi connectivity index (χ0n) is 18.8. The summed E-state index contributed by atoms with van der Waals surface area (Å²) >= 11 is 0. The summed E-state index contributed by atoms with van der Waals surface area (Å²) in [6.45, 7) is 1.06. The number of benzene rings is 1. The molecular weight excluding hydrogens is 420 g/mol. The first-order chi connectivity index (χ1) is 16.0. The lowest BCUT2D eigenvalue weighted by Gasteiger charge is -2.39. The van der Waals surface area contributed by atoms with Gasteiger partial charge in [-0.05, 0) is 62.3 Å². The minimum absolute atomic E-state index is 0.0240. The van der Waals surface area contributed by atoms with Crippen molar-refractivity contribution in [2.24, 2.45) is 5.41 Å². The second-order valence-electron chi connectivity index (χ2n) is 9.89. The Morgan fingerprint density at radius 3 is 2.70 bits per heavy atom. The van der Waals surface area contributed by atoms with E-state index in [9.17, 15) is 19.6 Å². The van der Waals surface area contributed by atoms with Gasteiger partial charge >= 0.3 is 0 Å². The summed E-state index contributed by atoms with van der Waals surface area (Å²) in [5.74, 6) is -0.138. The normalized spacial score (nSPS) is 28.5. The number of nitrogens with zero attached hydrogens (tertiary/aromatic N) is 2. The third-order valence-corrected chi connectivity index (χ3v) is 7.74. The molecule has 0 radical (unpaired) electrons. The van der Waals surface area contributed by atoms with Crippen LogP contribution in [0.15, 0.2) is 18.2 Å². The van der Waals surface area contributed by atoms with Gasteiger partial charge in [0.15, 0.2) is 0 Å². The smallest absolute Gasteiger partial charge is 0.255 e. The highest BCUT2D eigenvalue weighted by Gasteiger charge is 2.40. The summed E-state index contributed by atoms with van der Waals surface area (Å²) in [5, 5.41) is 15.5. The number of nitrogens with one attached hydrogen (secondary N) is 2. The molecule has 1 saturated heterocycles. The highest BCUT2D eigenvalue weighted by molar-refractivity contribution is 6.05. The quantitative estimate of drug-likeness (QED) is 0.644. The Labute approximate surface area is 193 Å². The largest absolute Gasteiger partial charge is 0.489 e. The van der Waals surface area contributed by atoms with Crippen LogP contribution in [0.4, 0.5) is 0 Å². The number of ether oxygens (including phenoxy) is 1. The Kier molecular flexibility index (Phi) is 5.83. The van der Waals surface area contributed by atoms with Crippen LogP contribution in [-0.4, -0.2) is 47.4 Å². The zero-order valence-corrected chi connectivity index (χ0v) is 18.8. The number of nitriles is 1. The molecule has 4 aliphatic rings. The molecule has 3 atom stereocenters. The van der Waals surface area contributed by atoms with Gasteiger partial charge in [0.05, 0.1) is 11.5 Å². The Morgan fingerprint density at radius 2 is 1.97 bits per heavy atom. The molecular formula is C25H30N4O4. The van der Waals surface area contributed by atoms with Crippen molar-refractivity contribution < 1.29 is 19.1 Å². The molecule has 0 bridgehead atoms. The van der Waals surface area contributed by atoms with E-state index in [1.807, 2.05) is 12.1 Å². The summed E-state index contributed by atoms with van der Waals surface area (Å²) in [5.41, 5.74) is 1.22. The minimum Gasteiger partial charge on any atom is -0.489 e. The molecule has 2 N–H and O–H groups in total. The summed E-state index contributed by atoms with van der Waals surface area (Å²) in [4.78, 5) is 38.2. The number of amides is 3. The first-order valence-corrected chi connectivity index (χ1v) is 12.1. The minimum atomic E-state index is -0.613. The molecule has 3 fully saturated rings. The van der Waals surface area contributed by atoms with Gasteiger partial charge < -0.3 is 15.0 Å². The van der Waals surface area contributed by atoms with Crippen molar-refractivity contribution in [2.45, 2.75) is 82.5 Å². The molecule has 2 heterocycles. The standard InChI is InChI=1S/C25H30N4O4/c26-14-25(10-3-11-25)15-27-19-4-1-2-5-21(19)33-17-6-7-18-16(12-17)13-29(24(18)32)20-8-9-22(30)28-23(20)31/h6-7,12,19-21,27H,1-5,8-11,13,15H2,(H,28,30,31)/t19?,20?,21-/m0/s1. The molecule has 8 heteroatoms. The van der Waals surface area contributed by atoms with E-state index < -0.39 is 11.9 Å². The van der Waals surface area contributed by atoms with Crippen LogP contribution in [0.2, 0.25) is 0 Å². The lowest BCUT2D eigenvalue weighted by Crippen LogP contribution is -2.52. The van der Waals surface area contributed by atoms with Crippen LogP contribution in [-0.2, 0) is 16.1 Å². The predicted molar refractivity (Wildman–Crippen MR) is 119 cm³/mol. The van der Waals surface area contributed by atoms with Gasteiger partial charge in [-0.2, -0.15) is 5.26 Å². The molecule has 1 aromatic carbocycles. The third kappa shape index (κ3) is 4.22. The molecule has 2 saturated carbocycles. The average Bonchev–Trinajstić information content (AvgIpc) is 3.10. The number of imide groups is 1. The maximum Gasteiger partial charge on any atom is 0.255 e. The molecule has 0 spiro atoms. The van der Waals surface area contributed by atoms with Gasteiger partial charge in [0.2, 0.25) is 11.8 Å². The number of rotatable bonds is 6. The zero-order chi connectivity index (χ0) is 23.0. The lowest BCUT2D eigenvalue weighted by atomic mass is 9.70. The summed E-state index contributed by atoms with van der Waals surface area (Å²) < 4.78 is 6.40. The van der Waals surface area contributed by atoms with E-state index in [0.29, 0.717) is 25.1 Å². The average molecular weight is 451 g/mol. The topological polar surface area (TPSA) is 112 Å². The molecule has 0 aromatic heterocycles. The maximum absolute atomic E-state index is 12.9. The van der Waals surface area contributed by atoms with Gasteiger partial charge in [-0.3, -0.25) is 19.7 Å². The first kappa shape index (κ1) is 21.9. The molecule has 33 heavy (non-hydrogen) atoms. The number of hydrogen-bond acceptors (Lipinski definition) is 6.